The average molecular weight is 286 g/mol. The maximum absolute atomic E-state index is 3.57. The molecule has 3 heteroatoms. The third-order valence-corrected chi connectivity index (χ3v) is 4.38. The Labute approximate surface area is 104 Å². The van der Waals surface area contributed by atoms with Gasteiger partial charge in [0.25, 0.3) is 0 Å². The third kappa shape index (κ3) is 3.82. The lowest BCUT2D eigenvalue weighted by molar-refractivity contribution is 0.430. The predicted molar refractivity (Wildman–Crippen MR) is 70.5 cm³/mol. The average Bonchev–Trinajstić information content (AvgIpc) is 2.30. The van der Waals surface area contributed by atoms with Crippen LogP contribution in [0.3, 0.4) is 0 Å². The van der Waals surface area contributed by atoms with Crippen LogP contribution in [0.25, 0.3) is 0 Å². The molecule has 1 aliphatic heterocycles. The van der Waals surface area contributed by atoms with Crippen molar-refractivity contribution in [2.45, 2.75) is 30.2 Å². The summed E-state index contributed by atoms with van der Waals surface area (Å²) in [4.78, 5) is 1.37. The Morgan fingerprint density at radius 3 is 2.73 bits per heavy atom. The first kappa shape index (κ1) is 11.5. The predicted octanol–water partition coefficient (Wildman–Crippen LogP) is 3.68. The molecule has 1 aromatic rings. The SMILES string of the molecule is Brc1ccc(SC[C@H]2CCCCN2)cc1. The van der Waals surface area contributed by atoms with Crippen LogP contribution < -0.4 is 5.32 Å². The lowest BCUT2D eigenvalue weighted by Gasteiger charge is -2.22. The van der Waals surface area contributed by atoms with Gasteiger partial charge in [0, 0.05) is 21.2 Å². The quantitative estimate of drug-likeness (QED) is 0.851. The van der Waals surface area contributed by atoms with E-state index in [-0.39, 0.29) is 0 Å². The zero-order chi connectivity index (χ0) is 10.5. The third-order valence-electron chi connectivity index (χ3n) is 2.68. The van der Waals surface area contributed by atoms with Crippen LogP contribution in [0.5, 0.6) is 0 Å². The van der Waals surface area contributed by atoms with E-state index in [0.29, 0.717) is 6.04 Å². The Kier molecular flexibility index (Phi) is 4.54. The Morgan fingerprint density at radius 1 is 1.27 bits per heavy atom. The molecule has 1 aromatic carbocycles. The van der Waals surface area contributed by atoms with Crippen LogP contribution in [0, 0.1) is 0 Å². The molecule has 82 valence electrons. The van der Waals surface area contributed by atoms with Crippen molar-refractivity contribution in [2.75, 3.05) is 12.3 Å². The van der Waals surface area contributed by atoms with Gasteiger partial charge in [0.1, 0.15) is 0 Å². The van der Waals surface area contributed by atoms with E-state index in [9.17, 15) is 0 Å². The van der Waals surface area contributed by atoms with Crippen LogP contribution in [0.1, 0.15) is 19.3 Å². The molecule has 1 N–H and O–H groups in total. The number of piperidine rings is 1. The molecule has 1 fully saturated rings. The van der Waals surface area contributed by atoms with Gasteiger partial charge in [0.2, 0.25) is 0 Å². The lowest BCUT2D eigenvalue weighted by atomic mass is 10.1. The fourth-order valence-electron chi connectivity index (χ4n) is 1.79. The molecule has 1 atom stereocenters. The van der Waals surface area contributed by atoms with Crippen molar-refractivity contribution in [3.05, 3.63) is 28.7 Å². The Hall–Kier alpha value is 0.01000. The lowest BCUT2D eigenvalue weighted by Crippen LogP contribution is -2.35. The molecule has 0 unspecified atom stereocenters. The number of rotatable bonds is 3. The summed E-state index contributed by atoms with van der Waals surface area (Å²) in [7, 11) is 0. The summed E-state index contributed by atoms with van der Waals surface area (Å²) < 4.78 is 1.16. The Morgan fingerprint density at radius 2 is 2.07 bits per heavy atom. The van der Waals surface area contributed by atoms with E-state index in [4.69, 9.17) is 0 Å². The standard InChI is InChI=1S/C12H16BrNS/c13-10-4-6-12(7-5-10)15-9-11-3-1-2-8-14-11/h4-7,11,14H,1-3,8-9H2/t11-/m1/s1. The van der Waals surface area contributed by atoms with Crippen molar-refractivity contribution >= 4 is 27.7 Å². The first-order valence-electron chi connectivity index (χ1n) is 5.46. The molecule has 1 aliphatic rings. The summed E-state index contributed by atoms with van der Waals surface area (Å²) in [6, 6.07) is 9.29. The fraction of sp³-hybridized carbons (Fsp3) is 0.500. The maximum atomic E-state index is 3.57. The van der Waals surface area contributed by atoms with Crippen molar-refractivity contribution < 1.29 is 0 Å². The van der Waals surface area contributed by atoms with Crippen LogP contribution in [-0.2, 0) is 0 Å². The number of hydrogen-bond donors (Lipinski definition) is 1. The van der Waals surface area contributed by atoms with Crippen LogP contribution in [0.15, 0.2) is 33.6 Å². The summed E-state index contributed by atoms with van der Waals surface area (Å²) in [5.41, 5.74) is 0. The monoisotopic (exact) mass is 285 g/mol. The molecule has 1 nitrogen and oxygen atoms in total. The Bertz CT molecular complexity index is 293. The highest BCUT2D eigenvalue weighted by molar-refractivity contribution is 9.10. The number of benzene rings is 1. The number of nitrogens with one attached hydrogen (secondary N) is 1. The van der Waals surface area contributed by atoms with E-state index < -0.39 is 0 Å². The summed E-state index contributed by atoms with van der Waals surface area (Å²) in [6.45, 7) is 1.20. The van der Waals surface area contributed by atoms with Gasteiger partial charge in [-0.3, -0.25) is 0 Å². The molecular weight excluding hydrogens is 270 g/mol. The van der Waals surface area contributed by atoms with Gasteiger partial charge < -0.3 is 5.32 Å². The Balaban J connectivity index is 1.79. The number of hydrogen-bond acceptors (Lipinski definition) is 2. The van der Waals surface area contributed by atoms with Gasteiger partial charge in [-0.1, -0.05) is 22.4 Å². The van der Waals surface area contributed by atoms with Crippen molar-refractivity contribution in [1.82, 2.24) is 5.32 Å². The minimum atomic E-state index is 0.715. The second kappa shape index (κ2) is 5.92. The van der Waals surface area contributed by atoms with E-state index in [2.05, 4.69) is 45.5 Å². The molecular formula is C12H16BrNS. The summed E-state index contributed by atoms with van der Waals surface area (Å²) in [6.07, 6.45) is 4.07. The molecule has 15 heavy (non-hydrogen) atoms. The molecule has 1 saturated heterocycles. The second-order valence-corrected chi connectivity index (χ2v) is 5.92. The topological polar surface area (TPSA) is 12.0 Å². The van der Waals surface area contributed by atoms with E-state index in [1.165, 1.54) is 36.5 Å². The first-order valence-corrected chi connectivity index (χ1v) is 7.24. The summed E-state index contributed by atoms with van der Waals surface area (Å²) >= 11 is 5.40. The minimum absolute atomic E-state index is 0.715. The summed E-state index contributed by atoms with van der Waals surface area (Å²) in [5.74, 6) is 1.20. The molecule has 0 spiro atoms. The van der Waals surface area contributed by atoms with Gasteiger partial charge in [0.05, 0.1) is 0 Å². The highest BCUT2D eigenvalue weighted by Crippen LogP contribution is 2.23. The zero-order valence-electron chi connectivity index (χ0n) is 8.71. The molecule has 0 bridgehead atoms. The van der Waals surface area contributed by atoms with Gasteiger partial charge in [-0.15, -0.1) is 11.8 Å². The second-order valence-electron chi connectivity index (χ2n) is 3.91. The van der Waals surface area contributed by atoms with Crippen LogP contribution in [0.4, 0.5) is 0 Å². The van der Waals surface area contributed by atoms with Crippen molar-refractivity contribution in [1.29, 1.82) is 0 Å². The van der Waals surface area contributed by atoms with Crippen LogP contribution >= 0.6 is 27.7 Å². The fourth-order valence-corrected chi connectivity index (χ4v) is 3.06. The molecule has 0 aliphatic carbocycles. The number of thioether (sulfide) groups is 1. The van der Waals surface area contributed by atoms with Crippen LogP contribution in [-0.4, -0.2) is 18.3 Å². The van der Waals surface area contributed by atoms with Gasteiger partial charge in [-0.2, -0.15) is 0 Å². The van der Waals surface area contributed by atoms with Crippen molar-refractivity contribution in [3.8, 4) is 0 Å². The highest BCUT2D eigenvalue weighted by Gasteiger charge is 2.12. The zero-order valence-corrected chi connectivity index (χ0v) is 11.1. The first-order chi connectivity index (χ1) is 7.34. The summed E-state index contributed by atoms with van der Waals surface area (Å²) in [5, 5.41) is 3.57. The minimum Gasteiger partial charge on any atom is -0.313 e. The van der Waals surface area contributed by atoms with Crippen molar-refractivity contribution in [3.63, 3.8) is 0 Å². The highest BCUT2D eigenvalue weighted by atomic mass is 79.9. The molecule has 1 heterocycles. The van der Waals surface area contributed by atoms with Gasteiger partial charge in [-0.25, -0.2) is 0 Å². The normalized spacial score (nSPS) is 21.5. The van der Waals surface area contributed by atoms with Gasteiger partial charge in [0.15, 0.2) is 0 Å². The maximum Gasteiger partial charge on any atom is 0.0176 e. The molecule has 0 amide bonds. The van der Waals surface area contributed by atoms with E-state index in [1.807, 2.05) is 11.8 Å². The largest absolute Gasteiger partial charge is 0.313 e. The van der Waals surface area contributed by atoms with E-state index in [0.717, 1.165) is 4.47 Å². The molecule has 0 radical (unpaired) electrons. The molecule has 0 saturated carbocycles. The smallest absolute Gasteiger partial charge is 0.0176 e. The van der Waals surface area contributed by atoms with Gasteiger partial charge >= 0.3 is 0 Å². The van der Waals surface area contributed by atoms with Crippen LogP contribution in [0.2, 0.25) is 0 Å². The number of halogens is 1. The van der Waals surface area contributed by atoms with Gasteiger partial charge in [-0.05, 0) is 43.7 Å². The van der Waals surface area contributed by atoms with E-state index in [1.54, 1.807) is 0 Å². The van der Waals surface area contributed by atoms with Crippen molar-refractivity contribution in [2.24, 2.45) is 0 Å². The molecule has 0 aromatic heterocycles. The molecule has 2 rings (SSSR count). The van der Waals surface area contributed by atoms with E-state index >= 15 is 0 Å².